The summed E-state index contributed by atoms with van der Waals surface area (Å²) in [4.78, 5) is 22.0. The van der Waals surface area contributed by atoms with Gasteiger partial charge in [0.15, 0.2) is 0 Å². The van der Waals surface area contributed by atoms with E-state index in [2.05, 4.69) is 22.1 Å². The van der Waals surface area contributed by atoms with Crippen LogP contribution in [0.1, 0.15) is 42.1 Å². The number of alkyl halides is 3. The number of benzene rings is 2. The lowest BCUT2D eigenvalue weighted by molar-refractivity contribution is -0.137. The highest BCUT2D eigenvalue weighted by Crippen LogP contribution is 2.29. The summed E-state index contributed by atoms with van der Waals surface area (Å²) in [6.07, 6.45) is 2.06. The fourth-order valence-electron chi connectivity index (χ4n) is 5.10. The third-order valence-corrected chi connectivity index (χ3v) is 7.40. The van der Waals surface area contributed by atoms with Crippen molar-refractivity contribution in [3.05, 3.63) is 95.3 Å². The standard InChI is InChI=1S/C32H37F3N4O2/c1-23-20-29(14-17-36-23)37-28-11-6-26(7-12-28)21-39(30-15-18-38(19-16-30)24(2)22-41-3)31(40)13-8-25-4-9-27(10-5-25)32(33,34)35/h4-14,17,20,24,30H,15-16,18-19,21-22H2,1-3H3,(H,36,37)/b13-8+. The summed E-state index contributed by atoms with van der Waals surface area (Å²) < 4.78 is 44.1. The Bertz CT molecular complexity index is 1300. The fraction of sp³-hybridized carbons (Fsp3) is 0.375. The maximum Gasteiger partial charge on any atom is 0.416 e. The molecule has 0 radical (unpaired) electrons. The van der Waals surface area contributed by atoms with Crippen LogP contribution in [0, 0.1) is 6.92 Å². The molecule has 0 saturated carbocycles. The van der Waals surface area contributed by atoms with Crippen LogP contribution in [0.5, 0.6) is 0 Å². The van der Waals surface area contributed by atoms with Gasteiger partial charge in [0.1, 0.15) is 0 Å². The number of aryl methyl sites for hydroxylation is 1. The molecular weight excluding hydrogens is 529 g/mol. The van der Waals surface area contributed by atoms with Gasteiger partial charge in [-0.05, 0) is 80.3 Å². The van der Waals surface area contributed by atoms with Gasteiger partial charge in [-0.1, -0.05) is 24.3 Å². The van der Waals surface area contributed by atoms with Crippen molar-refractivity contribution in [1.29, 1.82) is 0 Å². The Morgan fingerprint density at radius 2 is 1.78 bits per heavy atom. The van der Waals surface area contributed by atoms with E-state index in [1.807, 2.05) is 48.2 Å². The molecule has 1 saturated heterocycles. The predicted molar refractivity (Wildman–Crippen MR) is 156 cm³/mol. The van der Waals surface area contributed by atoms with Gasteiger partial charge in [0.2, 0.25) is 5.91 Å². The zero-order valence-corrected chi connectivity index (χ0v) is 23.7. The highest BCUT2D eigenvalue weighted by atomic mass is 19.4. The van der Waals surface area contributed by atoms with Gasteiger partial charge < -0.3 is 15.0 Å². The van der Waals surface area contributed by atoms with Crippen molar-refractivity contribution >= 4 is 23.4 Å². The maximum atomic E-state index is 13.5. The first kappa shape index (κ1) is 30.3. The number of aromatic nitrogens is 1. The fourth-order valence-corrected chi connectivity index (χ4v) is 5.10. The molecule has 1 aliphatic heterocycles. The molecule has 9 heteroatoms. The van der Waals surface area contributed by atoms with Crippen molar-refractivity contribution < 1.29 is 22.7 Å². The van der Waals surface area contributed by atoms with E-state index in [4.69, 9.17) is 4.74 Å². The van der Waals surface area contributed by atoms with E-state index >= 15 is 0 Å². The second kappa shape index (κ2) is 13.8. The first-order valence-corrected chi connectivity index (χ1v) is 13.8. The Hall–Kier alpha value is -3.69. The highest BCUT2D eigenvalue weighted by Gasteiger charge is 2.30. The number of halogens is 3. The Morgan fingerprint density at radius 3 is 2.39 bits per heavy atom. The van der Waals surface area contributed by atoms with E-state index in [0.29, 0.717) is 24.8 Å². The Kier molecular flexibility index (Phi) is 10.2. The first-order valence-electron chi connectivity index (χ1n) is 13.8. The molecule has 1 amide bonds. The highest BCUT2D eigenvalue weighted by molar-refractivity contribution is 5.92. The molecule has 4 rings (SSSR count). The molecule has 0 spiro atoms. The van der Waals surface area contributed by atoms with Gasteiger partial charge in [-0.15, -0.1) is 0 Å². The van der Waals surface area contributed by atoms with Crippen LogP contribution in [-0.4, -0.2) is 59.6 Å². The monoisotopic (exact) mass is 566 g/mol. The summed E-state index contributed by atoms with van der Waals surface area (Å²) in [6.45, 7) is 6.88. The number of nitrogens with one attached hydrogen (secondary N) is 1. The number of carbonyl (C=O) groups excluding carboxylic acids is 1. The van der Waals surface area contributed by atoms with E-state index in [1.54, 1.807) is 19.4 Å². The van der Waals surface area contributed by atoms with Crippen molar-refractivity contribution in [3.8, 4) is 0 Å². The number of rotatable bonds is 10. The summed E-state index contributed by atoms with van der Waals surface area (Å²) in [7, 11) is 1.70. The quantitative estimate of drug-likeness (QED) is 0.277. The van der Waals surface area contributed by atoms with Crippen molar-refractivity contribution in [1.82, 2.24) is 14.8 Å². The van der Waals surface area contributed by atoms with E-state index in [-0.39, 0.29) is 11.9 Å². The SMILES string of the molecule is COCC(C)N1CCC(N(Cc2ccc(Nc3ccnc(C)c3)cc2)C(=O)/C=C/c2ccc(C(F)(F)F)cc2)CC1. The van der Waals surface area contributed by atoms with Crippen LogP contribution in [-0.2, 0) is 22.3 Å². The lowest BCUT2D eigenvalue weighted by Gasteiger charge is -2.40. The lowest BCUT2D eigenvalue weighted by Crippen LogP contribution is -2.49. The second-order valence-corrected chi connectivity index (χ2v) is 10.5. The molecule has 0 aliphatic carbocycles. The lowest BCUT2D eigenvalue weighted by atomic mass is 10.0. The molecule has 1 atom stereocenters. The number of pyridine rings is 1. The molecule has 41 heavy (non-hydrogen) atoms. The van der Waals surface area contributed by atoms with Crippen molar-refractivity contribution in [2.75, 3.05) is 32.1 Å². The van der Waals surface area contributed by atoms with Crippen LogP contribution in [0.3, 0.4) is 0 Å². The van der Waals surface area contributed by atoms with Crippen LogP contribution in [0.4, 0.5) is 24.5 Å². The Balaban J connectivity index is 1.48. The number of hydrogen-bond donors (Lipinski definition) is 1. The molecule has 1 aliphatic rings. The van der Waals surface area contributed by atoms with E-state index < -0.39 is 11.7 Å². The van der Waals surface area contributed by atoms with Crippen LogP contribution in [0.15, 0.2) is 72.9 Å². The third-order valence-electron chi connectivity index (χ3n) is 7.40. The van der Waals surface area contributed by atoms with Crippen LogP contribution in [0.2, 0.25) is 0 Å². The topological polar surface area (TPSA) is 57.7 Å². The van der Waals surface area contributed by atoms with Crippen LogP contribution in [0.25, 0.3) is 6.08 Å². The number of methoxy groups -OCH3 is 1. The number of carbonyl (C=O) groups is 1. The summed E-state index contributed by atoms with van der Waals surface area (Å²) in [5.41, 5.74) is 3.62. The summed E-state index contributed by atoms with van der Waals surface area (Å²) in [5.74, 6) is -0.164. The zero-order valence-electron chi connectivity index (χ0n) is 23.7. The number of ether oxygens (including phenoxy) is 1. The molecule has 6 nitrogen and oxygen atoms in total. The van der Waals surface area contributed by atoms with Gasteiger partial charge in [0, 0.05) is 68.2 Å². The van der Waals surface area contributed by atoms with Gasteiger partial charge in [-0.25, -0.2) is 0 Å². The van der Waals surface area contributed by atoms with Gasteiger partial charge in [0.05, 0.1) is 12.2 Å². The molecule has 2 heterocycles. The molecule has 218 valence electrons. The van der Waals surface area contributed by atoms with Crippen LogP contribution >= 0.6 is 0 Å². The van der Waals surface area contributed by atoms with E-state index in [1.165, 1.54) is 18.2 Å². The number of likely N-dealkylation sites (tertiary alicyclic amines) is 1. The smallest absolute Gasteiger partial charge is 0.383 e. The van der Waals surface area contributed by atoms with E-state index in [0.717, 1.165) is 60.7 Å². The zero-order chi connectivity index (χ0) is 29.4. The number of piperidine rings is 1. The average molecular weight is 567 g/mol. The minimum atomic E-state index is -4.40. The number of hydrogen-bond acceptors (Lipinski definition) is 5. The van der Waals surface area contributed by atoms with Gasteiger partial charge >= 0.3 is 6.18 Å². The molecule has 1 unspecified atom stereocenters. The number of amides is 1. The van der Waals surface area contributed by atoms with Gasteiger partial charge in [-0.2, -0.15) is 13.2 Å². The summed E-state index contributed by atoms with van der Waals surface area (Å²) >= 11 is 0. The summed E-state index contributed by atoms with van der Waals surface area (Å²) in [5, 5.41) is 3.37. The first-order chi connectivity index (χ1) is 19.6. The molecular formula is C32H37F3N4O2. The molecule has 1 N–H and O–H groups in total. The largest absolute Gasteiger partial charge is 0.416 e. The molecule has 1 fully saturated rings. The predicted octanol–water partition coefficient (Wildman–Crippen LogP) is 6.69. The third kappa shape index (κ3) is 8.65. The van der Waals surface area contributed by atoms with Crippen molar-refractivity contribution in [2.24, 2.45) is 0 Å². The van der Waals surface area contributed by atoms with Crippen LogP contribution < -0.4 is 5.32 Å². The van der Waals surface area contributed by atoms with Gasteiger partial charge in [0.25, 0.3) is 0 Å². The molecule has 0 bridgehead atoms. The van der Waals surface area contributed by atoms with E-state index in [9.17, 15) is 18.0 Å². The van der Waals surface area contributed by atoms with Gasteiger partial charge in [-0.3, -0.25) is 14.7 Å². The van der Waals surface area contributed by atoms with Crippen molar-refractivity contribution in [2.45, 2.75) is 51.5 Å². The number of anilines is 2. The molecule has 2 aromatic carbocycles. The second-order valence-electron chi connectivity index (χ2n) is 10.5. The minimum Gasteiger partial charge on any atom is -0.383 e. The Labute approximate surface area is 239 Å². The summed E-state index contributed by atoms with van der Waals surface area (Å²) in [6, 6.07) is 17.0. The molecule has 3 aromatic rings. The van der Waals surface area contributed by atoms with Crippen molar-refractivity contribution in [3.63, 3.8) is 0 Å². The minimum absolute atomic E-state index is 0.0448. The molecule has 1 aromatic heterocycles. The number of nitrogens with zero attached hydrogens (tertiary/aromatic N) is 3. The average Bonchev–Trinajstić information content (AvgIpc) is 2.95. The maximum absolute atomic E-state index is 13.5. The normalized spacial score (nSPS) is 15.7. The Morgan fingerprint density at radius 1 is 1.10 bits per heavy atom.